The number of nitrogens with two attached hydrogens (primary N) is 1. The maximum Gasteiger partial charge on any atom is 0.254 e. The molecule has 0 bridgehead atoms. The Morgan fingerprint density at radius 3 is 2.80 bits per heavy atom. The second-order valence-electron chi connectivity index (χ2n) is 3.52. The molecule has 0 saturated heterocycles. The molecule has 0 aliphatic carbocycles. The van der Waals surface area contributed by atoms with Crippen LogP contribution in [0, 0.1) is 5.82 Å². The summed E-state index contributed by atoms with van der Waals surface area (Å²) >= 11 is 0. The van der Waals surface area contributed by atoms with Crippen LogP contribution < -0.4 is 11.1 Å². The lowest BCUT2D eigenvalue weighted by Gasteiger charge is -2.11. The van der Waals surface area contributed by atoms with E-state index in [4.69, 9.17) is 5.73 Å². The average Bonchev–Trinajstić information content (AvgIpc) is 2.17. The molecule has 1 atom stereocenters. The zero-order valence-corrected chi connectivity index (χ0v) is 8.88. The maximum atomic E-state index is 13.3. The van der Waals surface area contributed by atoms with E-state index in [-0.39, 0.29) is 11.6 Å². The molecule has 0 fully saturated rings. The van der Waals surface area contributed by atoms with Gasteiger partial charge in [0.2, 0.25) is 0 Å². The number of hydrogen-bond acceptors (Lipinski definition) is 2. The minimum absolute atomic E-state index is 0.0319. The van der Waals surface area contributed by atoms with Crippen molar-refractivity contribution in [3.8, 4) is 0 Å². The summed E-state index contributed by atoms with van der Waals surface area (Å²) in [6.45, 7) is 3.82. The van der Waals surface area contributed by atoms with Crippen molar-refractivity contribution in [2.45, 2.75) is 26.3 Å². The van der Waals surface area contributed by atoms with Crippen LogP contribution in [0.2, 0.25) is 0 Å². The van der Waals surface area contributed by atoms with Crippen LogP contribution in [-0.2, 0) is 0 Å². The van der Waals surface area contributed by atoms with Gasteiger partial charge in [-0.2, -0.15) is 0 Å². The van der Waals surface area contributed by atoms with Crippen molar-refractivity contribution in [2.75, 3.05) is 5.73 Å². The number of carbonyl (C=O) groups excluding carboxylic acids is 1. The summed E-state index contributed by atoms with van der Waals surface area (Å²) in [6, 6.07) is 4.08. The van der Waals surface area contributed by atoms with Crippen LogP contribution >= 0.6 is 0 Å². The number of benzene rings is 1. The van der Waals surface area contributed by atoms with E-state index in [2.05, 4.69) is 5.32 Å². The van der Waals surface area contributed by atoms with Crippen LogP contribution in [0.3, 0.4) is 0 Å². The van der Waals surface area contributed by atoms with Gasteiger partial charge in [0, 0.05) is 11.7 Å². The van der Waals surface area contributed by atoms with Crippen molar-refractivity contribution in [3.63, 3.8) is 0 Å². The summed E-state index contributed by atoms with van der Waals surface area (Å²) in [5.74, 6) is -0.988. The monoisotopic (exact) mass is 210 g/mol. The molecular weight excluding hydrogens is 195 g/mol. The van der Waals surface area contributed by atoms with Crippen LogP contribution in [0.15, 0.2) is 18.2 Å². The summed E-state index contributed by atoms with van der Waals surface area (Å²) in [6.07, 6.45) is 0.808. The summed E-state index contributed by atoms with van der Waals surface area (Å²) in [4.78, 5) is 11.6. The highest BCUT2D eigenvalue weighted by atomic mass is 19.1. The molecule has 3 N–H and O–H groups in total. The van der Waals surface area contributed by atoms with Gasteiger partial charge in [0.15, 0.2) is 0 Å². The Hall–Kier alpha value is -1.58. The SMILES string of the molecule is CCC(C)NC(=O)c1ccc(N)cc1F. The van der Waals surface area contributed by atoms with Crippen LogP contribution in [0.1, 0.15) is 30.6 Å². The first-order valence-corrected chi connectivity index (χ1v) is 4.90. The van der Waals surface area contributed by atoms with Crippen molar-refractivity contribution < 1.29 is 9.18 Å². The van der Waals surface area contributed by atoms with Gasteiger partial charge in [0.05, 0.1) is 5.56 Å². The Labute approximate surface area is 88.5 Å². The first-order chi connectivity index (χ1) is 7.04. The Morgan fingerprint density at radius 1 is 1.60 bits per heavy atom. The Balaban J connectivity index is 2.82. The molecule has 1 unspecified atom stereocenters. The number of nitrogen functional groups attached to an aromatic ring is 1. The highest BCUT2D eigenvalue weighted by molar-refractivity contribution is 5.94. The zero-order chi connectivity index (χ0) is 11.4. The lowest BCUT2D eigenvalue weighted by molar-refractivity contribution is 0.0935. The van der Waals surface area contributed by atoms with E-state index in [1.807, 2.05) is 13.8 Å². The molecule has 0 saturated carbocycles. The van der Waals surface area contributed by atoms with Crippen LogP contribution in [-0.4, -0.2) is 11.9 Å². The molecule has 1 amide bonds. The van der Waals surface area contributed by atoms with Gasteiger partial charge in [-0.25, -0.2) is 4.39 Å². The van der Waals surface area contributed by atoms with E-state index in [0.29, 0.717) is 5.69 Å². The first-order valence-electron chi connectivity index (χ1n) is 4.90. The van der Waals surface area contributed by atoms with Crippen molar-refractivity contribution >= 4 is 11.6 Å². The van der Waals surface area contributed by atoms with E-state index in [1.54, 1.807) is 0 Å². The number of nitrogens with one attached hydrogen (secondary N) is 1. The van der Waals surface area contributed by atoms with Gasteiger partial charge in [-0.05, 0) is 31.5 Å². The second-order valence-corrected chi connectivity index (χ2v) is 3.52. The molecule has 0 heterocycles. The average molecular weight is 210 g/mol. The minimum Gasteiger partial charge on any atom is -0.399 e. The van der Waals surface area contributed by atoms with Crippen LogP contribution in [0.5, 0.6) is 0 Å². The van der Waals surface area contributed by atoms with Gasteiger partial charge in [0.25, 0.3) is 5.91 Å². The molecule has 82 valence electrons. The molecule has 1 aromatic rings. The second kappa shape index (κ2) is 4.77. The van der Waals surface area contributed by atoms with E-state index in [0.717, 1.165) is 12.5 Å². The molecule has 0 aliphatic heterocycles. The number of rotatable bonds is 3. The van der Waals surface area contributed by atoms with Gasteiger partial charge in [-0.3, -0.25) is 4.79 Å². The summed E-state index contributed by atoms with van der Waals surface area (Å²) in [5, 5.41) is 2.69. The van der Waals surface area contributed by atoms with Crippen molar-refractivity contribution in [1.82, 2.24) is 5.32 Å². The van der Waals surface area contributed by atoms with E-state index in [9.17, 15) is 9.18 Å². The molecule has 1 rings (SSSR count). The van der Waals surface area contributed by atoms with Gasteiger partial charge in [-0.1, -0.05) is 6.92 Å². The van der Waals surface area contributed by atoms with Gasteiger partial charge >= 0.3 is 0 Å². The van der Waals surface area contributed by atoms with Crippen molar-refractivity contribution in [1.29, 1.82) is 0 Å². The summed E-state index contributed by atoms with van der Waals surface area (Å²) in [7, 11) is 0. The molecule has 3 nitrogen and oxygen atoms in total. The van der Waals surface area contributed by atoms with Crippen molar-refractivity contribution in [2.24, 2.45) is 0 Å². The Morgan fingerprint density at radius 2 is 2.27 bits per heavy atom. The number of amides is 1. The van der Waals surface area contributed by atoms with Crippen LogP contribution in [0.4, 0.5) is 10.1 Å². The highest BCUT2D eigenvalue weighted by Crippen LogP contribution is 2.11. The quantitative estimate of drug-likeness (QED) is 0.749. The summed E-state index contributed by atoms with van der Waals surface area (Å²) < 4.78 is 13.3. The molecular formula is C11H15FN2O. The fourth-order valence-corrected chi connectivity index (χ4v) is 1.12. The Kier molecular flexibility index (Phi) is 3.66. The number of hydrogen-bond donors (Lipinski definition) is 2. The smallest absolute Gasteiger partial charge is 0.254 e. The molecule has 0 spiro atoms. The van der Waals surface area contributed by atoms with Crippen molar-refractivity contribution in [3.05, 3.63) is 29.6 Å². The Bertz CT molecular complexity index is 366. The predicted molar refractivity (Wildman–Crippen MR) is 58.0 cm³/mol. The molecule has 1 aromatic carbocycles. The van der Waals surface area contributed by atoms with E-state index in [1.165, 1.54) is 12.1 Å². The third-order valence-electron chi connectivity index (χ3n) is 2.23. The standard InChI is InChI=1S/C11H15FN2O/c1-3-7(2)14-11(15)9-5-4-8(13)6-10(9)12/h4-7H,3,13H2,1-2H3,(H,14,15). The van der Waals surface area contributed by atoms with Gasteiger partial charge < -0.3 is 11.1 Å². The molecule has 0 radical (unpaired) electrons. The molecule has 4 heteroatoms. The minimum atomic E-state index is -0.587. The molecule has 0 aliphatic rings. The van der Waals surface area contributed by atoms with E-state index >= 15 is 0 Å². The number of anilines is 1. The highest BCUT2D eigenvalue weighted by Gasteiger charge is 2.12. The predicted octanol–water partition coefficient (Wildman–Crippen LogP) is 1.94. The third kappa shape index (κ3) is 2.94. The number of halogens is 1. The molecule has 15 heavy (non-hydrogen) atoms. The van der Waals surface area contributed by atoms with E-state index < -0.39 is 11.7 Å². The normalized spacial score (nSPS) is 12.2. The lowest BCUT2D eigenvalue weighted by atomic mass is 10.1. The first kappa shape index (κ1) is 11.5. The van der Waals surface area contributed by atoms with Gasteiger partial charge in [0.1, 0.15) is 5.82 Å². The largest absolute Gasteiger partial charge is 0.399 e. The van der Waals surface area contributed by atoms with Crippen LogP contribution in [0.25, 0.3) is 0 Å². The molecule has 0 aromatic heterocycles. The van der Waals surface area contributed by atoms with Gasteiger partial charge in [-0.15, -0.1) is 0 Å². The fourth-order valence-electron chi connectivity index (χ4n) is 1.12. The number of carbonyl (C=O) groups is 1. The third-order valence-corrected chi connectivity index (χ3v) is 2.23. The maximum absolute atomic E-state index is 13.3. The summed E-state index contributed by atoms with van der Waals surface area (Å²) in [5.41, 5.74) is 5.73. The zero-order valence-electron chi connectivity index (χ0n) is 8.88. The fraction of sp³-hybridized carbons (Fsp3) is 0.364. The topological polar surface area (TPSA) is 55.1 Å². The lowest BCUT2D eigenvalue weighted by Crippen LogP contribution is -2.32.